The molecular weight excluding hydrogens is 331 g/mol. The van der Waals surface area contributed by atoms with E-state index in [0.717, 1.165) is 5.01 Å². The maximum absolute atomic E-state index is 12.5. The molecule has 2 heterocycles. The van der Waals surface area contributed by atoms with Gasteiger partial charge in [-0.05, 0) is 18.2 Å². The summed E-state index contributed by atoms with van der Waals surface area (Å²) in [7, 11) is 0. The third-order valence-corrected chi connectivity index (χ3v) is 4.20. The number of ether oxygens (including phenoxy) is 1. The average Bonchev–Trinajstić information content (AvgIpc) is 3.11. The number of benzene rings is 1. The molecule has 3 rings (SSSR count). The van der Waals surface area contributed by atoms with E-state index in [9.17, 15) is 9.18 Å². The molecule has 0 atom stereocenters. The first-order valence-corrected chi connectivity index (χ1v) is 8.08. The van der Waals surface area contributed by atoms with Crippen molar-refractivity contribution < 1.29 is 9.13 Å². The van der Waals surface area contributed by atoms with E-state index in [-0.39, 0.29) is 18.7 Å². The minimum absolute atomic E-state index is 0.0625. The highest BCUT2D eigenvalue weighted by Crippen LogP contribution is 2.18. The molecule has 0 unspecified atom stereocenters. The fourth-order valence-corrected chi connectivity index (χ4v) is 2.74. The monoisotopic (exact) mass is 346 g/mol. The largest absolute Gasteiger partial charge is 0.489 e. The zero-order valence-electron chi connectivity index (χ0n) is 12.7. The topological polar surface area (TPSA) is 83.0 Å². The van der Waals surface area contributed by atoms with Crippen molar-refractivity contribution in [3.8, 4) is 5.75 Å². The number of nitrogens with zero attached hydrogens (tertiary/aromatic N) is 3. The van der Waals surface area contributed by atoms with Gasteiger partial charge in [0.25, 0.3) is 5.56 Å². The molecule has 0 bridgehead atoms. The number of fused-ring (bicyclic) bond motifs is 1. The first-order chi connectivity index (χ1) is 11.7. The Hall–Kier alpha value is -2.58. The second-order valence-corrected chi connectivity index (χ2v) is 6.02. The second-order valence-electron chi connectivity index (χ2n) is 5.04. The quantitative estimate of drug-likeness (QED) is 0.739. The summed E-state index contributed by atoms with van der Waals surface area (Å²) in [4.78, 5) is 16.6. The van der Waals surface area contributed by atoms with Gasteiger partial charge in [0, 0.05) is 29.1 Å². The van der Waals surface area contributed by atoms with Crippen molar-refractivity contribution in [3.05, 3.63) is 63.2 Å². The Kier molecular flexibility index (Phi) is 4.97. The van der Waals surface area contributed by atoms with Crippen molar-refractivity contribution in [2.45, 2.75) is 6.54 Å². The molecule has 0 aliphatic heterocycles. The summed E-state index contributed by atoms with van der Waals surface area (Å²) in [5.74, 6) is 0.522. The number of hydrogen-bond donors (Lipinski definition) is 1. The summed E-state index contributed by atoms with van der Waals surface area (Å²) < 4.78 is 19.3. The van der Waals surface area contributed by atoms with E-state index in [1.165, 1.54) is 16.0 Å². The van der Waals surface area contributed by atoms with Gasteiger partial charge in [0.1, 0.15) is 17.4 Å². The molecule has 0 radical (unpaired) electrons. The van der Waals surface area contributed by atoms with Gasteiger partial charge in [-0.15, -0.1) is 11.3 Å². The highest BCUT2D eigenvalue weighted by Gasteiger charge is 2.08. The van der Waals surface area contributed by atoms with Gasteiger partial charge in [0.15, 0.2) is 0 Å². The lowest BCUT2D eigenvalue weighted by atomic mass is 10.2. The highest BCUT2D eigenvalue weighted by atomic mass is 32.1. The van der Waals surface area contributed by atoms with Gasteiger partial charge < -0.3 is 10.5 Å². The normalized spacial score (nSPS) is 11.8. The average molecular weight is 346 g/mol. The number of hydrogen-bond acceptors (Lipinski definition) is 6. The van der Waals surface area contributed by atoms with Crippen molar-refractivity contribution in [3.63, 3.8) is 0 Å². The SMILES string of the molecule is NCC(=CF)COc1ccc2c(=O)n(Cc3nccs3)ncc2c1. The Labute approximate surface area is 141 Å². The van der Waals surface area contributed by atoms with Crippen molar-refractivity contribution in [1.29, 1.82) is 0 Å². The molecule has 0 amide bonds. The Balaban J connectivity index is 1.85. The second kappa shape index (κ2) is 7.33. The van der Waals surface area contributed by atoms with Crippen LogP contribution in [0.3, 0.4) is 0 Å². The van der Waals surface area contributed by atoms with Crippen LogP contribution in [-0.4, -0.2) is 27.9 Å². The smallest absolute Gasteiger partial charge is 0.275 e. The van der Waals surface area contributed by atoms with Crippen LogP contribution in [0.2, 0.25) is 0 Å². The molecule has 1 aromatic carbocycles. The Bertz CT molecular complexity index is 921. The molecule has 0 aliphatic carbocycles. The van der Waals surface area contributed by atoms with Gasteiger partial charge in [0.05, 0.1) is 24.5 Å². The first kappa shape index (κ1) is 16.3. The first-order valence-electron chi connectivity index (χ1n) is 7.20. The van der Waals surface area contributed by atoms with Gasteiger partial charge in [-0.1, -0.05) is 0 Å². The van der Waals surface area contributed by atoms with E-state index in [0.29, 0.717) is 35.0 Å². The van der Waals surface area contributed by atoms with Gasteiger partial charge in [-0.2, -0.15) is 5.10 Å². The highest BCUT2D eigenvalue weighted by molar-refractivity contribution is 7.09. The van der Waals surface area contributed by atoms with Crippen LogP contribution in [0.25, 0.3) is 10.8 Å². The lowest BCUT2D eigenvalue weighted by molar-refractivity contribution is 0.348. The van der Waals surface area contributed by atoms with Crippen LogP contribution in [0, 0.1) is 0 Å². The fourth-order valence-electron chi connectivity index (χ4n) is 2.14. The van der Waals surface area contributed by atoms with Crippen LogP contribution in [0.1, 0.15) is 5.01 Å². The van der Waals surface area contributed by atoms with Crippen molar-refractivity contribution >= 4 is 22.1 Å². The molecule has 0 aliphatic rings. The van der Waals surface area contributed by atoms with E-state index in [2.05, 4.69) is 10.1 Å². The Morgan fingerprint density at radius 2 is 2.33 bits per heavy atom. The number of nitrogens with two attached hydrogens (primary N) is 1. The molecule has 2 aromatic heterocycles. The van der Waals surface area contributed by atoms with Gasteiger partial charge in [-0.25, -0.2) is 14.1 Å². The summed E-state index contributed by atoms with van der Waals surface area (Å²) in [6.07, 6.45) is 3.74. The summed E-state index contributed by atoms with van der Waals surface area (Å²) in [5.41, 5.74) is 5.54. The molecule has 24 heavy (non-hydrogen) atoms. The van der Waals surface area contributed by atoms with Crippen LogP contribution >= 0.6 is 11.3 Å². The molecule has 8 heteroatoms. The van der Waals surface area contributed by atoms with Crippen LogP contribution in [-0.2, 0) is 6.54 Å². The fraction of sp³-hybridized carbons (Fsp3) is 0.188. The zero-order chi connectivity index (χ0) is 16.9. The summed E-state index contributed by atoms with van der Waals surface area (Å²) in [6, 6.07) is 5.04. The third-order valence-electron chi connectivity index (χ3n) is 3.43. The maximum Gasteiger partial charge on any atom is 0.275 e. The molecule has 2 N–H and O–H groups in total. The van der Waals surface area contributed by atoms with Crippen molar-refractivity contribution in [1.82, 2.24) is 14.8 Å². The summed E-state index contributed by atoms with van der Waals surface area (Å²) in [6.45, 7) is 0.492. The molecule has 0 saturated carbocycles. The Morgan fingerprint density at radius 1 is 1.46 bits per heavy atom. The molecular formula is C16H15FN4O2S. The number of aromatic nitrogens is 3. The summed E-state index contributed by atoms with van der Waals surface area (Å²) >= 11 is 1.47. The van der Waals surface area contributed by atoms with E-state index < -0.39 is 0 Å². The van der Waals surface area contributed by atoms with Crippen molar-refractivity contribution in [2.75, 3.05) is 13.2 Å². The van der Waals surface area contributed by atoms with E-state index in [1.54, 1.807) is 30.6 Å². The number of halogens is 1. The van der Waals surface area contributed by atoms with Gasteiger partial charge in [0.2, 0.25) is 0 Å². The number of rotatable bonds is 6. The van der Waals surface area contributed by atoms with Crippen molar-refractivity contribution in [2.24, 2.45) is 5.73 Å². The van der Waals surface area contributed by atoms with E-state index in [4.69, 9.17) is 10.5 Å². The zero-order valence-corrected chi connectivity index (χ0v) is 13.5. The minimum Gasteiger partial charge on any atom is -0.489 e. The molecule has 6 nitrogen and oxygen atoms in total. The van der Waals surface area contributed by atoms with Crippen LogP contribution in [0.15, 0.2) is 52.7 Å². The lowest BCUT2D eigenvalue weighted by Crippen LogP contribution is -2.23. The van der Waals surface area contributed by atoms with Gasteiger partial charge >= 0.3 is 0 Å². The molecule has 0 spiro atoms. The van der Waals surface area contributed by atoms with E-state index >= 15 is 0 Å². The lowest BCUT2D eigenvalue weighted by Gasteiger charge is -2.09. The standard InChI is InChI=1S/C16H15FN4O2S/c17-6-11(7-18)10-23-13-1-2-14-12(5-13)8-20-21(16(14)22)9-15-19-3-4-24-15/h1-6,8H,7,9-10,18H2. The predicted octanol–water partition coefficient (Wildman–Crippen LogP) is 2.09. The van der Waals surface area contributed by atoms with Crippen LogP contribution in [0.4, 0.5) is 4.39 Å². The summed E-state index contributed by atoms with van der Waals surface area (Å²) in [5, 5.41) is 8.04. The van der Waals surface area contributed by atoms with Gasteiger partial charge in [-0.3, -0.25) is 4.79 Å². The molecule has 0 fully saturated rings. The molecule has 0 saturated heterocycles. The Morgan fingerprint density at radius 3 is 3.04 bits per heavy atom. The van der Waals surface area contributed by atoms with Crippen LogP contribution < -0.4 is 16.0 Å². The predicted molar refractivity (Wildman–Crippen MR) is 91.0 cm³/mol. The maximum atomic E-state index is 12.5. The number of thiazole rings is 1. The van der Waals surface area contributed by atoms with E-state index in [1.807, 2.05) is 5.38 Å². The third kappa shape index (κ3) is 3.50. The minimum atomic E-state index is -0.194. The van der Waals surface area contributed by atoms with Crippen LogP contribution in [0.5, 0.6) is 5.75 Å². The molecule has 124 valence electrons. The molecule has 3 aromatic rings.